The summed E-state index contributed by atoms with van der Waals surface area (Å²) in [7, 11) is 0. The van der Waals surface area contributed by atoms with Gasteiger partial charge in [-0.3, -0.25) is 4.99 Å². The molecule has 0 aromatic heterocycles. The largest absolute Gasteiger partial charge is 0.294 e. The van der Waals surface area contributed by atoms with Gasteiger partial charge in [-0.05, 0) is 34.4 Å². The number of nitrogens with zero attached hydrogens (tertiary/aromatic N) is 1. The minimum Gasteiger partial charge on any atom is -0.294 e. The Hall–Kier alpha value is -0.660. The van der Waals surface area contributed by atoms with Crippen LogP contribution in [0.5, 0.6) is 0 Å². The number of rotatable bonds is 4. The van der Waals surface area contributed by atoms with E-state index in [-0.39, 0.29) is 12.0 Å². The SMILES string of the molecule is C=NC(C(C)/C(C)=C\C)C(C)(C)F. The molecule has 1 nitrogen and oxygen atoms in total. The molecule has 2 unspecified atom stereocenters. The van der Waals surface area contributed by atoms with Gasteiger partial charge in [-0.2, -0.15) is 0 Å². The predicted molar refractivity (Wildman–Crippen MR) is 57.1 cm³/mol. The molecule has 76 valence electrons. The summed E-state index contributed by atoms with van der Waals surface area (Å²) in [6.45, 7) is 12.5. The molecule has 0 amide bonds. The van der Waals surface area contributed by atoms with Gasteiger partial charge >= 0.3 is 0 Å². The molecule has 0 aromatic carbocycles. The number of alkyl halides is 1. The van der Waals surface area contributed by atoms with Gasteiger partial charge in [-0.1, -0.05) is 18.6 Å². The third-order valence-electron chi connectivity index (χ3n) is 2.55. The van der Waals surface area contributed by atoms with Crippen molar-refractivity contribution in [3.05, 3.63) is 11.6 Å². The Balaban J connectivity index is 4.70. The highest BCUT2D eigenvalue weighted by atomic mass is 19.1. The standard InChI is InChI=1S/C11H20FN/c1-7-8(2)9(3)10(13-6)11(4,5)12/h7,9-10H,6H2,1-5H3/b8-7-. The molecule has 0 spiro atoms. The zero-order valence-corrected chi connectivity index (χ0v) is 9.26. The quantitative estimate of drug-likeness (QED) is 0.470. The highest BCUT2D eigenvalue weighted by Gasteiger charge is 2.33. The van der Waals surface area contributed by atoms with Crippen LogP contribution in [0.2, 0.25) is 0 Å². The van der Waals surface area contributed by atoms with Gasteiger partial charge in [0, 0.05) is 5.92 Å². The van der Waals surface area contributed by atoms with E-state index in [1.165, 1.54) is 0 Å². The van der Waals surface area contributed by atoms with Crippen LogP contribution in [0.3, 0.4) is 0 Å². The van der Waals surface area contributed by atoms with Crippen LogP contribution in [-0.2, 0) is 0 Å². The second kappa shape index (κ2) is 4.54. The molecular weight excluding hydrogens is 165 g/mol. The third kappa shape index (κ3) is 3.29. The molecule has 0 radical (unpaired) electrons. The zero-order chi connectivity index (χ0) is 10.6. The highest BCUT2D eigenvalue weighted by molar-refractivity contribution is 5.26. The Bertz CT molecular complexity index is 201. The van der Waals surface area contributed by atoms with E-state index in [0.29, 0.717) is 0 Å². The number of halogens is 1. The molecule has 2 atom stereocenters. The third-order valence-corrected chi connectivity index (χ3v) is 2.55. The zero-order valence-electron chi connectivity index (χ0n) is 9.26. The maximum atomic E-state index is 13.6. The first-order valence-corrected chi connectivity index (χ1v) is 4.62. The van der Waals surface area contributed by atoms with Gasteiger partial charge in [0.05, 0.1) is 6.04 Å². The molecule has 0 aliphatic rings. The molecule has 0 saturated carbocycles. The van der Waals surface area contributed by atoms with E-state index < -0.39 is 5.67 Å². The second-order valence-electron chi connectivity index (χ2n) is 4.01. The summed E-state index contributed by atoms with van der Waals surface area (Å²) in [5.74, 6) is 0.113. The van der Waals surface area contributed by atoms with Crippen LogP contribution in [0.15, 0.2) is 16.6 Å². The van der Waals surface area contributed by atoms with Gasteiger partial charge in [-0.25, -0.2) is 4.39 Å². The summed E-state index contributed by atoms with van der Waals surface area (Å²) >= 11 is 0. The summed E-state index contributed by atoms with van der Waals surface area (Å²) in [5, 5.41) is 0. The summed E-state index contributed by atoms with van der Waals surface area (Å²) in [6.07, 6.45) is 1.99. The van der Waals surface area contributed by atoms with Gasteiger partial charge in [0.25, 0.3) is 0 Å². The minimum atomic E-state index is -1.30. The molecule has 13 heavy (non-hydrogen) atoms. The van der Waals surface area contributed by atoms with Gasteiger partial charge < -0.3 is 0 Å². The molecule has 0 bridgehead atoms. The van der Waals surface area contributed by atoms with Gasteiger partial charge in [-0.15, -0.1) is 0 Å². The van der Waals surface area contributed by atoms with Crippen LogP contribution in [0.1, 0.15) is 34.6 Å². The van der Waals surface area contributed by atoms with Crippen LogP contribution in [-0.4, -0.2) is 18.4 Å². The van der Waals surface area contributed by atoms with E-state index in [0.717, 1.165) is 5.57 Å². The summed E-state index contributed by atoms with van der Waals surface area (Å²) in [6, 6.07) is -0.358. The number of aliphatic imine (C=N–C) groups is 1. The lowest BCUT2D eigenvalue weighted by Crippen LogP contribution is -2.35. The Morgan fingerprint density at radius 3 is 2.23 bits per heavy atom. The van der Waals surface area contributed by atoms with Crippen LogP contribution in [0.25, 0.3) is 0 Å². The van der Waals surface area contributed by atoms with E-state index in [4.69, 9.17) is 0 Å². The lowest BCUT2D eigenvalue weighted by atomic mass is 9.85. The molecule has 0 heterocycles. The lowest BCUT2D eigenvalue weighted by Gasteiger charge is -2.29. The highest BCUT2D eigenvalue weighted by Crippen LogP contribution is 2.28. The van der Waals surface area contributed by atoms with E-state index in [1.54, 1.807) is 13.8 Å². The maximum absolute atomic E-state index is 13.6. The van der Waals surface area contributed by atoms with Crippen molar-refractivity contribution in [2.75, 3.05) is 0 Å². The van der Waals surface area contributed by atoms with E-state index in [1.807, 2.05) is 26.8 Å². The van der Waals surface area contributed by atoms with Gasteiger partial charge in [0.15, 0.2) is 0 Å². The van der Waals surface area contributed by atoms with Crippen molar-refractivity contribution in [3.63, 3.8) is 0 Å². The Morgan fingerprint density at radius 2 is 2.00 bits per heavy atom. The van der Waals surface area contributed by atoms with Crippen LogP contribution >= 0.6 is 0 Å². The first-order chi connectivity index (χ1) is 5.84. The van der Waals surface area contributed by atoms with Crippen molar-refractivity contribution in [2.24, 2.45) is 10.9 Å². The first kappa shape index (κ1) is 12.3. The topological polar surface area (TPSA) is 12.4 Å². The molecule has 0 fully saturated rings. The van der Waals surface area contributed by atoms with Crippen molar-refractivity contribution in [3.8, 4) is 0 Å². The lowest BCUT2D eigenvalue weighted by molar-refractivity contribution is 0.151. The molecule has 0 aliphatic heterocycles. The minimum absolute atomic E-state index is 0.113. The first-order valence-electron chi connectivity index (χ1n) is 4.62. The normalized spacial score (nSPS) is 18.2. The van der Waals surface area contributed by atoms with Crippen LogP contribution in [0.4, 0.5) is 4.39 Å². The fourth-order valence-electron chi connectivity index (χ4n) is 1.48. The van der Waals surface area contributed by atoms with Crippen LogP contribution < -0.4 is 0 Å². The fraction of sp³-hybridized carbons (Fsp3) is 0.727. The average Bonchev–Trinajstić information content (AvgIpc) is 2.01. The van der Waals surface area contributed by atoms with Crippen molar-refractivity contribution in [1.29, 1.82) is 0 Å². The van der Waals surface area contributed by atoms with Crippen molar-refractivity contribution < 1.29 is 4.39 Å². The van der Waals surface area contributed by atoms with Crippen molar-refractivity contribution in [1.82, 2.24) is 0 Å². The summed E-state index contributed by atoms with van der Waals surface area (Å²) in [5.41, 5.74) is -0.144. The molecule has 0 N–H and O–H groups in total. The second-order valence-corrected chi connectivity index (χ2v) is 4.01. The monoisotopic (exact) mass is 185 g/mol. The molecule has 2 heteroatoms. The van der Waals surface area contributed by atoms with E-state index in [2.05, 4.69) is 11.7 Å². The number of hydrogen-bond donors (Lipinski definition) is 0. The fourth-order valence-corrected chi connectivity index (χ4v) is 1.48. The summed E-state index contributed by atoms with van der Waals surface area (Å²) in [4.78, 5) is 3.86. The molecule has 0 aromatic rings. The smallest absolute Gasteiger partial charge is 0.128 e. The Morgan fingerprint density at radius 1 is 1.54 bits per heavy atom. The van der Waals surface area contributed by atoms with E-state index >= 15 is 0 Å². The molecular formula is C11H20FN. The number of hydrogen-bond acceptors (Lipinski definition) is 1. The summed E-state index contributed by atoms with van der Waals surface area (Å²) < 4.78 is 13.6. The molecule has 0 aliphatic carbocycles. The van der Waals surface area contributed by atoms with Crippen molar-refractivity contribution >= 4 is 6.72 Å². The van der Waals surface area contributed by atoms with Gasteiger partial charge in [0.2, 0.25) is 0 Å². The van der Waals surface area contributed by atoms with Gasteiger partial charge in [0.1, 0.15) is 5.67 Å². The molecule has 0 saturated heterocycles. The Kier molecular flexibility index (Phi) is 4.31. The van der Waals surface area contributed by atoms with E-state index in [9.17, 15) is 4.39 Å². The Labute approximate surface area is 80.8 Å². The maximum Gasteiger partial charge on any atom is 0.128 e. The predicted octanol–water partition coefficient (Wildman–Crippen LogP) is 3.41. The molecule has 0 rings (SSSR count). The number of allylic oxidation sites excluding steroid dienone is 1. The van der Waals surface area contributed by atoms with Crippen molar-refractivity contribution in [2.45, 2.75) is 46.3 Å². The average molecular weight is 185 g/mol. The van der Waals surface area contributed by atoms with Crippen LogP contribution in [0, 0.1) is 5.92 Å².